The van der Waals surface area contributed by atoms with E-state index in [1.807, 2.05) is 6.07 Å². The molecule has 0 aromatic heterocycles. The minimum atomic E-state index is 0. The van der Waals surface area contributed by atoms with Gasteiger partial charge in [0.1, 0.15) is 0 Å². The number of hydrogen-bond acceptors (Lipinski definition) is 0. The number of halogens is 2. The Hall–Kier alpha value is -1.66. The van der Waals surface area contributed by atoms with Crippen LogP contribution in [-0.4, -0.2) is 3.21 Å². The summed E-state index contributed by atoms with van der Waals surface area (Å²) in [5.74, 6) is 0. The Kier molecular flexibility index (Phi) is 13.0. The molecule has 0 amide bonds. The summed E-state index contributed by atoms with van der Waals surface area (Å²) < 4.78 is 1.55. The third-order valence-electron chi connectivity index (χ3n) is 5.60. The Morgan fingerprint density at radius 1 is 0.879 bits per heavy atom. The summed E-state index contributed by atoms with van der Waals surface area (Å²) in [6.07, 6.45) is 2.23. The Morgan fingerprint density at radius 3 is 2.09 bits per heavy atom. The second-order valence-corrected chi connectivity index (χ2v) is 9.48. The van der Waals surface area contributed by atoms with Gasteiger partial charge in [-0.15, -0.1) is 5.56 Å². The molecular weight excluding hydrogens is 522 g/mol. The van der Waals surface area contributed by atoms with Crippen LogP contribution in [0.25, 0.3) is 11.1 Å². The van der Waals surface area contributed by atoms with Crippen molar-refractivity contribution in [2.24, 2.45) is 0 Å². The molecule has 4 aromatic carbocycles. The van der Waals surface area contributed by atoms with E-state index in [0.717, 1.165) is 6.42 Å². The minimum Gasteiger partial charge on any atom is -1.00 e. The molecule has 170 valence electrons. The fourth-order valence-corrected chi connectivity index (χ4v) is 4.20. The normalized spacial score (nSPS) is 10.1. The first-order chi connectivity index (χ1) is 15.0. The maximum absolute atomic E-state index is 3.30. The predicted octanol–water partition coefficient (Wildman–Crippen LogP) is 1.56. The fraction of sp³-hybridized carbons (Fsp3) is 0.200. The summed E-state index contributed by atoms with van der Waals surface area (Å²) >= 11 is 1.54. The first kappa shape index (κ1) is 29.4. The van der Waals surface area contributed by atoms with Gasteiger partial charge in [0.2, 0.25) is 0 Å². The Labute approximate surface area is 227 Å². The first-order valence-corrected chi connectivity index (χ1v) is 12.1. The number of hydrogen-bond donors (Lipinski definition) is 0. The zero-order chi connectivity index (χ0) is 22.2. The van der Waals surface area contributed by atoms with Crippen LogP contribution in [0, 0.1) is 26.8 Å². The van der Waals surface area contributed by atoms with Crippen LogP contribution < -0.4 is 24.8 Å². The molecular formula is C30H30Cl2Zr-2. The molecule has 5 rings (SSSR count). The second-order valence-electron chi connectivity index (χ2n) is 7.99. The Balaban J connectivity index is 0.000000248. The van der Waals surface area contributed by atoms with E-state index in [0.29, 0.717) is 0 Å². The molecule has 0 unspecified atom stereocenters. The average Bonchev–Trinajstić information content (AvgIpc) is 3.32. The molecule has 0 heterocycles. The maximum atomic E-state index is 3.30. The van der Waals surface area contributed by atoms with E-state index >= 15 is 0 Å². The molecule has 0 bridgehead atoms. The molecule has 0 spiro atoms. The largest absolute Gasteiger partial charge is 1.00 e. The first-order valence-electron chi connectivity index (χ1n) is 10.9. The standard InChI is InChI=1S/C13H9.C9H10.C8H11.2ClH.Zr/c1-3-7-12-10(5-1)9-11-6-2-4-8-13(11)12;1-2-6-9-7-4-3-5-8-9;1-6-4-7(2)8(3)5-6;;;/h1-5,7-8H,9H2;3-5,7-8H,2H2,1H3;4-5H,1-3H3;2*1H;/q-1;;-1;;;+2/p-2. The van der Waals surface area contributed by atoms with Gasteiger partial charge in [-0.2, -0.15) is 52.6 Å². The SMILES string of the molecule is CC[C](=[Zr+2])c1ccccc1.Cc1cc(C)c(C)[cH-]1.[Cl-].[Cl-].[c-]1cccc2c1Cc1ccccc1-2. The zero-order valence-corrected chi connectivity index (χ0v) is 23.7. The van der Waals surface area contributed by atoms with E-state index in [4.69, 9.17) is 0 Å². The van der Waals surface area contributed by atoms with Crippen molar-refractivity contribution < 1.29 is 49.0 Å². The number of benzene rings is 3. The van der Waals surface area contributed by atoms with Crippen molar-refractivity contribution in [1.29, 1.82) is 0 Å². The van der Waals surface area contributed by atoms with E-state index < -0.39 is 0 Å². The molecule has 0 saturated heterocycles. The van der Waals surface area contributed by atoms with Crippen molar-refractivity contribution >= 4 is 3.21 Å². The van der Waals surface area contributed by atoms with Gasteiger partial charge in [-0.1, -0.05) is 56.2 Å². The fourth-order valence-electron chi connectivity index (χ4n) is 3.79. The van der Waals surface area contributed by atoms with Crippen molar-refractivity contribution in [2.75, 3.05) is 0 Å². The molecule has 33 heavy (non-hydrogen) atoms. The summed E-state index contributed by atoms with van der Waals surface area (Å²) in [5.41, 5.74) is 11.1. The van der Waals surface area contributed by atoms with E-state index in [1.165, 1.54) is 75.2 Å². The van der Waals surface area contributed by atoms with Gasteiger partial charge in [0, 0.05) is 0 Å². The van der Waals surface area contributed by atoms with Crippen molar-refractivity contribution in [1.82, 2.24) is 0 Å². The van der Waals surface area contributed by atoms with Crippen molar-refractivity contribution in [2.45, 2.75) is 40.5 Å². The molecule has 1 aliphatic rings. The topological polar surface area (TPSA) is 0 Å². The summed E-state index contributed by atoms with van der Waals surface area (Å²) in [5, 5.41) is 0. The summed E-state index contributed by atoms with van der Waals surface area (Å²) in [6, 6.07) is 33.1. The van der Waals surface area contributed by atoms with Crippen LogP contribution in [0.3, 0.4) is 0 Å². The van der Waals surface area contributed by atoms with E-state index in [2.05, 4.69) is 113 Å². The zero-order valence-electron chi connectivity index (χ0n) is 19.8. The van der Waals surface area contributed by atoms with Gasteiger partial charge in [0.15, 0.2) is 0 Å². The summed E-state index contributed by atoms with van der Waals surface area (Å²) in [7, 11) is 0. The Bertz CT molecular complexity index is 1080. The Morgan fingerprint density at radius 2 is 1.52 bits per heavy atom. The maximum Gasteiger partial charge on any atom is -0.0253 e. The van der Waals surface area contributed by atoms with Crippen molar-refractivity contribution in [3.8, 4) is 11.1 Å². The molecule has 0 fully saturated rings. The second kappa shape index (κ2) is 14.6. The van der Waals surface area contributed by atoms with Gasteiger partial charge >= 0.3 is 76.7 Å². The average molecular weight is 553 g/mol. The van der Waals surface area contributed by atoms with Crippen molar-refractivity contribution in [3.05, 3.63) is 124 Å². The van der Waals surface area contributed by atoms with E-state index in [9.17, 15) is 0 Å². The third kappa shape index (κ3) is 8.25. The van der Waals surface area contributed by atoms with E-state index in [-0.39, 0.29) is 24.8 Å². The number of aryl methyl sites for hydroxylation is 3. The van der Waals surface area contributed by atoms with Gasteiger partial charge in [0.25, 0.3) is 0 Å². The van der Waals surface area contributed by atoms with Crippen LogP contribution in [0.15, 0.2) is 84.9 Å². The molecule has 0 aliphatic heterocycles. The van der Waals surface area contributed by atoms with Crippen LogP contribution >= 0.6 is 0 Å². The predicted molar refractivity (Wildman–Crippen MR) is 131 cm³/mol. The molecule has 3 heteroatoms. The molecule has 0 saturated carbocycles. The van der Waals surface area contributed by atoms with Gasteiger partial charge in [-0.05, 0) is 6.42 Å². The summed E-state index contributed by atoms with van der Waals surface area (Å²) in [4.78, 5) is 0. The number of fused-ring (bicyclic) bond motifs is 3. The van der Waals surface area contributed by atoms with Crippen molar-refractivity contribution in [3.63, 3.8) is 0 Å². The third-order valence-corrected chi connectivity index (χ3v) is 7.18. The molecule has 1 aliphatic carbocycles. The van der Waals surface area contributed by atoms with E-state index in [1.54, 1.807) is 3.21 Å². The molecule has 0 N–H and O–H groups in total. The van der Waals surface area contributed by atoms with Crippen LogP contribution in [0.1, 0.15) is 46.7 Å². The quantitative estimate of drug-likeness (QED) is 0.292. The van der Waals surface area contributed by atoms with Gasteiger partial charge < -0.3 is 24.8 Å². The molecule has 0 atom stereocenters. The monoisotopic (exact) mass is 550 g/mol. The smallest absolute Gasteiger partial charge is 0.0253 e. The molecule has 0 radical (unpaired) electrons. The van der Waals surface area contributed by atoms with Crippen LogP contribution in [-0.2, 0) is 30.7 Å². The van der Waals surface area contributed by atoms with Gasteiger partial charge in [-0.3, -0.25) is 0 Å². The van der Waals surface area contributed by atoms with Gasteiger partial charge in [-0.25, -0.2) is 6.07 Å². The van der Waals surface area contributed by atoms with Gasteiger partial charge in [0.05, 0.1) is 0 Å². The van der Waals surface area contributed by atoms with Crippen LogP contribution in [0.5, 0.6) is 0 Å². The molecule has 4 aromatic rings. The number of rotatable bonds is 2. The van der Waals surface area contributed by atoms with Crippen LogP contribution in [0.4, 0.5) is 0 Å². The summed E-state index contributed by atoms with van der Waals surface area (Å²) in [6.45, 7) is 8.61. The minimum absolute atomic E-state index is 0. The molecule has 0 nitrogen and oxygen atoms in total. The van der Waals surface area contributed by atoms with Crippen LogP contribution in [0.2, 0.25) is 0 Å².